The number of methoxy groups -OCH3 is 1. The molecule has 0 atom stereocenters. The SMILES string of the molecule is COc1ccc2nc(N(Cc3ccccc3)C(=O)/C=C/c3ccc4c(c3)OCO4)sc2c1. The number of hydrogen-bond donors (Lipinski definition) is 0. The Morgan fingerprint density at radius 2 is 1.94 bits per heavy atom. The van der Waals surface area contributed by atoms with Gasteiger partial charge >= 0.3 is 0 Å². The van der Waals surface area contributed by atoms with Crippen molar-refractivity contribution in [1.82, 2.24) is 4.98 Å². The largest absolute Gasteiger partial charge is 0.497 e. The van der Waals surface area contributed by atoms with Gasteiger partial charge in [-0.15, -0.1) is 0 Å². The molecule has 0 saturated carbocycles. The van der Waals surface area contributed by atoms with E-state index in [9.17, 15) is 4.79 Å². The average Bonchev–Trinajstić information content (AvgIpc) is 3.47. The highest BCUT2D eigenvalue weighted by molar-refractivity contribution is 7.22. The number of ether oxygens (including phenoxy) is 3. The predicted molar refractivity (Wildman–Crippen MR) is 125 cm³/mol. The molecule has 0 unspecified atom stereocenters. The molecule has 0 N–H and O–H groups in total. The fraction of sp³-hybridized carbons (Fsp3) is 0.120. The molecule has 7 heteroatoms. The summed E-state index contributed by atoms with van der Waals surface area (Å²) in [5.41, 5.74) is 2.71. The van der Waals surface area contributed by atoms with Crippen molar-refractivity contribution in [2.75, 3.05) is 18.8 Å². The molecule has 0 fully saturated rings. The van der Waals surface area contributed by atoms with Gasteiger partial charge in [-0.3, -0.25) is 9.69 Å². The van der Waals surface area contributed by atoms with E-state index in [4.69, 9.17) is 19.2 Å². The Kier molecular flexibility index (Phi) is 5.47. The van der Waals surface area contributed by atoms with Gasteiger partial charge in [0.2, 0.25) is 6.79 Å². The molecule has 0 spiro atoms. The van der Waals surface area contributed by atoms with E-state index < -0.39 is 0 Å². The highest BCUT2D eigenvalue weighted by Gasteiger charge is 2.19. The standard InChI is InChI=1S/C25H20N2O4S/c1-29-19-9-10-20-23(14-19)32-25(26-20)27(15-18-5-3-2-4-6-18)24(28)12-8-17-7-11-21-22(13-17)31-16-30-21/h2-14H,15-16H2,1H3/b12-8+. The minimum Gasteiger partial charge on any atom is -0.497 e. The van der Waals surface area contributed by atoms with E-state index in [2.05, 4.69) is 0 Å². The Hall–Kier alpha value is -3.84. The number of benzene rings is 3. The molecule has 1 amide bonds. The normalized spacial score (nSPS) is 12.4. The summed E-state index contributed by atoms with van der Waals surface area (Å²) in [6, 6.07) is 21.2. The monoisotopic (exact) mass is 444 g/mol. The van der Waals surface area contributed by atoms with E-state index in [0.29, 0.717) is 23.2 Å². The van der Waals surface area contributed by atoms with Crippen molar-refractivity contribution in [3.63, 3.8) is 0 Å². The van der Waals surface area contributed by atoms with Crippen LogP contribution in [0.2, 0.25) is 0 Å². The zero-order valence-corrected chi connectivity index (χ0v) is 18.2. The van der Waals surface area contributed by atoms with E-state index in [-0.39, 0.29) is 12.7 Å². The van der Waals surface area contributed by atoms with Gasteiger partial charge in [0.15, 0.2) is 16.6 Å². The van der Waals surface area contributed by atoms with Crippen LogP contribution in [-0.2, 0) is 11.3 Å². The topological polar surface area (TPSA) is 60.9 Å². The summed E-state index contributed by atoms with van der Waals surface area (Å²) in [4.78, 5) is 19.7. The molecule has 6 nitrogen and oxygen atoms in total. The number of fused-ring (bicyclic) bond motifs is 2. The van der Waals surface area contributed by atoms with E-state index in [1.807, 2.05) is 66.7 Å². The highest BCUT2D eigenvalue weighted by atomic mass is 32.1. The average molecular weight is 445 g/mol. The smallest absolute Gasteiger partial charge is 0.253 e. The third-order valence-corrected chi connectivity index (χ3v) is 6.12. The van der Waals surface area contributed by atoms with Crippen LogP contribution in [0.25, 0.3) is 16.3 Å². The number of amides is 1. The van der Waals surface area contributed by atoms with Crippen LogP contribution in [-0.4, -0.2) is 24.8 Å². The number of nitrogens with zero attached hydrogens (tertiary/aromatic N) is 2. The first-order valence-electron chi connectivity index (χ1n) is 10.1. The molecule has 3 aromatic carbocycles. The Morgan fingerprint density at radius 1 is 1.09 bits per heavy atom. The Bertz CT molecular complexity index is 1300. The lowest BCUT2D eigenvalue weighted by atomic mass is 10.2. The van der Waals surface area contributed by atoms with Crippen molar-refractivity contribution in [3.05, 3.63) is 83.9 Å². The second-order valence-corrected chi connectivity index (χ2v) is 8.20. The lowest BCUT2D eigenvalue weighted by molar-refractivity contribution is -0.114. The number of hydrogen-bond acceptors (Lipinski definition) is 6. The van der Waals surface area contributed by atoms with Crippen LogP contribution >= 0.6 is 11.3 Å². The number of thiazole rings is 1. The van der Waals surface area contributed by atoms with Gasteiger partial charge < -0.3 is 14.2 Å². The van der Waals surface area contributed by atoms with Crippen LogP contribution in [0.3, 0.4) is 0 Å². The summed E-state index contributed by atoms with van der Waals surface area (Å²) in [6.07, 6.45) is 3.34. The van der Waals surface area contributed by atoms with E-state index in [1.165, 1.54) is 11.3 Å². The number of anilines is 1. The van der Waals surface area contributed by atoms with Crippen LogP contribution < -0.4 is 19.1 Å². The molecule has 5 rings (SSSR count). The lowest BCUT2D eigenvalue weighted by Crippen LogP contribution is -2.28. The fourth-order valence-corrected chi connectivity index (χ4v) is 4.41. The van der Waals surface area contributed by atoms with Gasteiger partial charge in [0, 0.05) is 6.08 Å². The third kappa shape index (κ3) is 4.15. The molecule has 4 aromatic rings. The maximum Gasteiger partial charge on any atom is 0.253 e. The number of carbonyl (C=O) groups is 1. The minimum atomic E-state index is -0.155. The molecule has 1 aliphatic heterocycles. The number of carbonyl (C=O) groups excluding carboxylic acids is 1. The van der Waals surface area contributed by atoms with Gasteiger partial charge in [-0.25, -0.2) is 4.98 Å². The van der Waals surface area contributed by atoms with Crippen molar-refractivity contribution in [2.45, 2.75) is 6.54 Å². The van der Waals surface area contributed by atoms with Gasteiger partial charge in [0.25, 0.3) is 5.91 Å². The van der Waals surface area contributed by atoms with Crippen molar-refractivity contribution in [2.24, 2.45) is 0 Å². The van der Waals surface area contributed by atoms with E-state index >= 15 is 0 Å². The van der Waals surface area contributed by atoms with E-state index in [1.54, 1.807) is 24.2 Å². The fourth-order valence-electron chi connectivity index (χ4n) is 3.42. The van der Waals surface area contributed by atoms with Gasteiger partial charge in [0.05, 0.1) is 23.9 Å². The lowest BCUT2D eigenvalue weighted by Gasteiger charge is -2.18. The van der Waals surface area contributed by atoms with Crippen molar-refractivity contribution < 1.29 is 19.0 Å². The number of rotatable bonds is 6. The third-order valence-electron chi connectivity index (χ3n) is 5.08. The molecule has 0 saturated heterocycles. The van der Waals surface area contributed by atoms with Crippen LogP contribution in [0.4, 0.5) is 5.13 Å². The zero-order chi connectivity index (χ0) is 21.9. The molecule has 32 heavy (non-hydrogen) atoms. The first-order valence-corrected chi connectivity index (χ1v) is 10.9. The van der Waals surface area contributed by atoms with Gasteiger partial charge in [-0.1, -0.05) is 47.7 Å². The first kappa shape index (κ1) is 20.1. The molecule has 160 valence electrons. The molecule has 0 aliphatic carbocycles. The summed E-state index contributed by atoms with van der Waals surface area (Å²) in [5.74, 6) is 2.00. The van der Waals surface area contributed by atoms with Crippen molar-refractivity contribution >= 4 is 38.7 Å². The van der Waals surface area contributed by atoms with Crippen molar-refractivity contribution in [3.8, 4) is 17.2 Å². The van der Waals surface area contributed by atoms with Gasteiger partial charge in [0.1, 0.15) is 5.75 Å². The Morgan fingerprint density at radius 3 is 2.78 bits per heavy atom. The van der Waals surface area contributed by atoms with Gasteiger partial charge in [-0.2, -0.15) is 0 Å². The van der Waals surface area contributed by atoms with Crippen LogP contribution in [0.15, 0.2) is 72.8 Å². The molecule has 0 bridgehead atoms. The number of aromatic nitrogens is 1. The zero-order valence-electron chi connectivity index (χ0n) is 17.4. The molecular weight excluding hydrogens is 424 g/mol. The molecule has 0 radical (unpaired) electrons. The first-order chi connectivity index (χ1) is 15.7. The van der Waals surface area contributed by atoms with Gasteiger partial charge in [-0.05, 0) is 47.5 Å². The Labute approximate surface area is 189 Å². The summed E-state index contributed by atoms with van der Waals surface area (Å²) in [6.45, 7) is 0.636. The van der Waals surface area contributed by atoms with E-state index in [0.717, 1.165) is 27.1 Å². The summed E-state index contributed by atoms with van der Waals surface area (Å²) in [5, 5.41) is 0.637. The minimum absolute atomic E-state index is 0.155. The predicted octanol–water partition coefficient (Wildman–Crippen LogP) is 5.28. The molecule has 1 aliphatic rings. The molecule has 1 aromatic heterocycles. The van der Waals surface area contributed by atoms with Crippen LogP contribution in [0.1, 0.15) is 11.1 Å². The Balaban J connectivity index is 1.46. The quantitative estimate of drug-likeness (QED) is 0.379. The van der Waals surface area contributed by atoms with Crippen LogP contribution in [0.5, 0.6) is 17.2 Å². The maximum atomic E-state index is 13.3. The second-order valence-electron chi connectivity index (χ2n) is 7.19. The van der Waals surface area contributed by atoms with Crippen LogP contribution in [0, 0.1) is 0 Å². The second kappa shape index (κ2) is 8.72. The highest BCUT2D eigenvalue weighted by Crippen LogP contribution is 2.34. The summed E-state index contributed by atoms with van der Waals surface area (Å²) >= 11 is 1.46. The summed E-state index contributed by atoms with van der Waals surface area (Å²) in [7, 11) is 1.63. The molecule has 2 heterocycles. The van der Waals surface area contributed by atoms with Crippen molar-refractivity contribution in [1.29, 1.82) is 0 Å². The maximum absolute atomic E-state index is 13.3. The molecular formula is C25H20N2O4S. The summed E-state index contributed by atoms with van der Waals surface area (Å²) < 4.78 is 17.1.